The van der Waals surface area contributed by atoms with E-state index in [4.69, 9.17) is 0 Å². The zero-order chi connectivity index (χ0) is 12.4. The summed E-state index contributed by atoms with van der Waals surface area (Å²) in [4.78, 5) is 19.5. The maximum atomic E-state index is 10.8. The topological polar surface area (TPSA) is 42.9 Å². The number of nitrogens with zero attached hydrogens (tertiary/aromatic N) is 2. The first-order valence-corrected chi connectivity index (χ1v) is 6.24. The van der Waals surface area contributed by atoms with Crippen molar-refractivity contribution in [3.8, 4) is 0 Å². The lowest BCUT2D eigenvalue weighted by Crippen LogP contribution is -2.14. The van der Waals surface area contributed by atoms with Crippen LogP contribution in [0.3, 0.4) is 0 Å². The predicted molar refractivity (Wildman–Crippen MR) is 68.6 cm³/mol. The Morgan fingerprint density at radius 2 is 2.11 bits per heavy atom. The van der Waals surface area contributed by atoms with Gasteiger partial charge in [0.15, 0.2) is 6.29 Å². The average molecular weight is 238 g/mol. The summed E-state index contributed by atoms with van der Waals surface area (Å²) in [7, 11) is 0. The molecule has 1 atom stereocenters. The first-order chi connectivity index (χ1) is 8.88. The summed E-state index contributed by atoms with van der Waals surface area (Å²) in [6, 6.07) is 10.1. The van der Waals surface area contributed by atoms with E-state index in [1.54, 1.807) is 12.3 Å². The van der Waals surface area contributed by atoms with E-state index in [9.17, 15) is 4.79 Å². The van der Waals surface area contributed by atoms with Crippen LogP contribution in [0.1, 0.15) is 46.2 Å². The van der Waals surface area contributed by atoms with Crippen LogP contribution < -0.4 is 0 Å². The number of aldehydes is 1. The van der Waals surface area contributed by atoms with Crippen molar-refractivity contribution in [2.75, 3.05) is 0 Å². The van der Waals surface area contributed by atoms with Crippen molar-refractivity contribution in [3.63, 3.8) is 0 Å². The second-order valence-corrected chi connectivity index (χ2v) is 4.60. The van der Waals surface area contributed by atoms with E-state index >= 15 is 0 Å². The van der Waals surface area contributed by atoms with E-state index in [-0.39, 0.29) is 5.92 Å². The number of carbonyl (C=O) groups is 1. The molecule has 1 aromatic carbocycles. The number of hydrogen-bond acceptors (Lipinski definition) is 3. The summed E-state index contributed by atoms with van der Waals surface area (Å²) in [6.07, 6.45) is 5.78. The Morgan fingerprint density at radius 3 is 3.00 bits per heavy atom. The Balaban J connectivity index is 2.05. The highest BCUT2D eigenvalue weighted by molar-refractivity contribution is 5.71. The standard InChI is InChI=1S/C15H14N2O/c18-10-12-8-9-16-15(17-12)14-7-3-5-11-4-1-2-6-13(11)14/h1-2,4,6,8-10,14H,3,5,7H2. The molecule has 1 aromatic heterocycles. The molecule has 1 unspecified atom stereocenters. The molecule has 1 aliphatic rings. The van der Waals surface area contributed by atoms with Crippen LogP contribution >= 0.6 is 0 Å². The Hall–Kier alpha value is -2.03. The number of carbonyl (C=O) groups excluding carboxylic acids is 1. The molecule has 3 rings (SSSR count). The van der Waals surface area contributed by atoms with Crippen LogP contribution in [0.25, 0.3) is 0 Å². The van der Waals surface area contributed by atoms with Crippen molar-refractivity contribution in [3.05, 3.63) is 59.2 Å². The van der Waals surface area contributed by atoms with Gasteiger partial charge in [0.1, 0.15) is 11.5 Å². The van der Waals surface area contributed by atoms with Gasteiger partial charge < -0.3 is 0 Å². The third kappa shape index (κ3) is 1.92. The fraction of sp³-hybridized carbons (Fsp3) is 0.267. The number of fused-ring (bicyclic) bond motifs is 1. The summed E-state index contributed by atoms with van der Waals surface area (Å²) in [6.45, 7) is 0. The normalized spacial score (nSPS) is 18.1. The van der Waals surface area contributed by atoms with Crippen molar-refractivity contribution in [2.45, 2.75) is 25.2 Å². The van der Waals surface area contributed by atoms with Crippen LogP contribution in [0, 0.1) is 0 Å². The van der Waals surface area contributed by atoms with E-state index in [1.165, 1.54) is 11.1 Å². The molecular weight excluding hydrogens is 224 g/mol. The summed E-state index contributed by atoms with van der Waals surface area (Å²) in [5, 5.41) is 0. The molecular formula is C15H14N2O. The minimum atomic E-state index is 0.231. The molecule has 1 aliphatic carbocycles. The Bertz CT molecular complexity index is 580. The third-order valence-electron chi connectivity index (χ3n) is 3.50. The fourth-order valence-corrected chi connectivity index (χ4v) is 2.64. The summed E-state index contributed by atoms with van der Waals surface area (Å²) >= 11 is 0. The van der Waals surface area contributed by atoms with Gasteiger partial charge in [-0.05, 0) is 36.5 Å². The van der Waals surface area contributed by atoms with Gasteiger partial charge in [-0.1, -0.05) is 24.3 Å². The first-order valence-electron chi connectivity index (χ1n) is 6.24. The van der Waals surface area contributed by atoms with Gasteiger partial charge in [0, 0.05) is 12.1 Å². The van der Waals surface area contributed by atoms with Crippen molar-refractivity contribution in [1.82, 2.24) is 9.97 Å². The van der Waals surface area contributed by atoms with Gasteiger partial charge in [-0.15, -0.1) is 0 Å². The van der Waals surface area contributed by atoms with E-state index in [0.29, 0.717) is 5.69 Å². The van der Waals surface area contributed by atoms with Crippen molar-refractivity contribution < 1.29 is 4.79 Å². The van der Waals surface area contributed by atoms with Crippen LogP contribution in [0.15, 0.2) is 36.5 Å². The van der Waals surface area contributed by atoms with Crippen molar-refractivity contribution in [2.24, 2.45) is 0 Å². The number of rotatable bonds is 2. The second kappa shape index (κ2) is 4.69. The molecule has 18 heavy (non-hydrogen) atoms. The average Bonchev–Trinajstić information content (AvgIpc) is 2.47. The predicted octanol–water partition coefficient (Wildman–Crippen LogP) is 2.76. The van der Waals surface area contributed by atoms with Crippen LogP contribution in [0.2, 0.25) is 0 Å². The van der Waals surface area contributed by atoms with E-state index < -0.39 is 0 Å². The third-order valence-corrected chi connectivity index (χ3v) is 3.50. The van der Waals surface area contributed by atoms with Crippen LogP contribution in [0.4, 0.5) is 0 Å². The molecule has 0 radical (unpaired) electrons. The highest BCUT2D eigenvalue weighted by atomic mass is 16.1. The van der Waals surface area contributed by atoms with Gasteiger partial charge in [0.25, 0.3) is 0 Å². The number of benzene rings is 1. The van der Waals surface area contributed by atoms with Gasteiger partial charge in [-0.25, -0.2) is 9.97 Å². The Labute approximate surface area is 106 Å². The van der Waals surface area contributed by atoms with E-state index in [0.717, 1.165) is 31.4 Å². The van der Waals surface area contributed by atoms with Crippen molar-refractivity contribution in [1.29, 1.82) is 0 Å². The van der Waals surface area contributed by atoms with Gasteiger partial charge in [0.05, 0.1) is 0 Å². The molecule has 1 heterocycles. The lowest BCUT2D eigenvalue weighted by atomic mass is 9.82. The molecule has 0 saturated heterocycles. The number of aryl methyl sites for hydroxylation is 1. The second-order valence-electron chi connectivity index (χ2n) is 4.60. The van der Waals surface area contributed by atoms with Crippen LogP contribution in [0.5, 0.6) is 0 Å². The monoisotopic (exact) mass is 238 g/mol. The zero-order valence-corrected chi connectivity index (χ0v) is 10.0. The fourth-order valence-electron chi connectivity index (χ4n) is 2.64. The molecule has 2 aromatic rings. The zero-order valence-electron chi connectivity index (χ0n) is 10.0. The van der Waals surface area contributed by atoms with Crippen LogP contribution in [-0.2, 0) is 6.42 Å². The van der Waals surface area contributed by atoms with E-state index in [2.05, 4.69) is 34.2 Å². The molecule has 90 valence electrons. The molecule has 0 saturated carbocycles. The van der Waals surface area contributed by atoms with Gasteiger partial charge in [-0.2, -0.15) is 0 Å². The molecule has 0 bridgehead atoms. The molecule has 0 aliphatic heterocycles. The summed E-state index contributed by atoms with van der Waals surface area (Å²) in [5.41, 5.74) is 3.16. The minimum absolute atomic E-state index is 0.231. The maximum Gasteiger partial charge on any atom is 0.168 e. The van der Waals surface area contributed by atoms with Gasteiger partial charge in [0.2, 0.25) is 0 Å². The van der Waals surface area contributed by atoms with Crippen molar-refractivity contribution >= 4 is 6.29 Å². The highest BCUT2D eigenvalue weighted by Crippen LogP contribution is 2.34. The van der Waals surface area contributed by atoms with Gasteiger partial charge in [-0.3, -0.25) is 4.79 Å². The summed E-state index contributed by atoms with van der Waals surface area (Å²) in [5.74, 6) is 1.00. The lowest BCUT2D eigenvalue weighted by molar-refractivity contribution is 0.111. The Morgan fingerprint density at radius 1 is 1.22 bits per heavy atom. The molecule has 3 nitrogen and oxygen atoms in total. The molecule has 3 heteroatoms. The lowest BCUT2D eigenvalue weighted by Gasteiger charge is -2.24. The summed E-state index contributed by atoms with van der Waals surface area (Å²) < 4.78 is 0. The Kier molecular flexibility index (Phi) is 2.89. The smallest absolute Gasteiger partial charge is 0.168 e. The number of hydrogen-bond donors (Lipinski definition) is 0. The van der Waals surface area contributed by atoms with Gasteiger partial charge >= 0.3 is 0 Å². The molecule has 0 N–H and O–H groups in total. The van der Waals surface area contributed by atoms with E-state index in [1.807, 2.05) is 0 Å². The quantitative estimate of drug-likeness (QED) is 0.755. The first kappa shape index (κ1) is 11.1. The molecule has 0 spiro atoms. The molecule has 0 fully saturated rings. The SMILES string of the molecule is O=Cc1ccnc(C2CCCc3ccccc32)n1. The maximum absolute atomic E-state index is 10.8. The van der Waals surface area contributed by atoms with Crippen LogP contribution in [-0.4, -0.2) is 16.3 Å². The molecule has 0 amide bonds. The largest absolute Gasteiger partial charge is 0.296 e. The number of aromatic nitrogens is 2. The minimum Gasteiger partial charge on any atom is -0.296 e. The highest BCUT2D eigenvalue weighted by Gasteiger charge is 2.23.